The molecule has 0 amide bonds. The molecule has 5 aromatic carbocycles. The van der Waals surface area contributed by atoms with Gasteiger partial charge in [0.15, 0.2) is 23.3 Å². The minimum atomic E-state index is 0.593. The van der Waals surface area contributed by atoms with Gasteiger partial charge in [-0.2, -0.15) is 0 Å². The third-order valence-corrected chi connectivity index (χ3v) is 7.21. The van der Waals surface area contributed by atoms with Crippen LogP contribution in [0.1, 0.15) is 11.4 Å². The summed E-state index contributed by atoms with van der Waals surface area (Å²) in [7, 11) is 0. The Bertz CT molecular complexity index is 1980. The molecule has 7 aromatic rings. The fourth-order valence-electron chi connectivity index (χ4n) is 5.21. The topological polar surface area (TPSA) is 64.5 Å². The van der Waals surface area contributed by atoms with E-state index in [1.807, 2.05) is 80.6 Å². The van der Waals surface area contributed by atoms with E-state index < -0.39 is 0 Å². The van der Waals surface area contributed by atoms with E-state index in [4.69, 9.17) is 24.9 Å². The quantitative estimate of drug-likeness (QED) is 0.218. The summed E-state index contributed by atoms with van der Waals surface area (Å²) in [5, 5.41) is 2.38. The van der Waals surface area contributed by atoms with Crippen LogP contribution in [-0.4, -0.2) is 24.9 Å². The first-order valence-corrected chi connectivity index (χ1v) is 13.9. The molecule has 0 aliphatic carbocycles. The van der Waals surface area contributed by atoms with Crippen LogP contribution in [0.25, 0.3) is 67.5 Å². The van der Waals surface area contributed by atoms with Gasteiger partial charge >= 0.3 is 0 Å². The standard InChI is InChI=1S/C37H27N5/c1-24-19-25(2)39-36(38-24)32-21-31(30-18-17-26-11-9-10-16-29(26)20-30)22-33(23-32)37-41-34(27-12-5-3-6-13-27)40-35(42-37)28-14-7-4-8-15-28/h3-23H,1-2H3. The van der Waals surface area contributed by atoms with E-state index in [0.717, 1.165) is 44.8 Å². The van der Waals surface area contributed by atoms with Gasteiger partial charge in [0.1, 0.15) is 0 Å². The molecule has 2 heterocycles. The summed E-state index contributed by atoms with van der Waals surface area (Å²) in [6.07, 6.45) is 0. The van der Waals surface area contributed by atoms with Gasteiger partial charge in [0.05, 0.1) is 0 Å². The average Bonchev–Trinajstić information content (AvgIpc) is 3.04. The zero-order valence-electron chi connectivity index (χ0n) is 23.4. The Hall–Kier alpha value is -5.55. The van der Waals surface area contributed by atoms with E-state index in [0.29, 0.717) is 23.3 Å². The summed E-state index contributed by atoms with van der Waals surface area (Å²) in [5.74, 6) is 2.52. The molecule has 7 rings (SSSR count). The number of hydrogen-bond donors (Lipinski definition) is 0. The van der Waals surface area contributed by atoms with E-state index in [1.165, 1.54) is 10.8 Å². The second-order valence-electron chi connectivity index (χ2n) is 10.4. The fraction of sp³-hybridized carbons (Fsp3) is 0.0541. The molecule has 0 saturated heterocycles. The number of aryl methyl sites for hydroxylation is 2. The Morgan fingerprint density at radius 2 is 0.762 bits per heavy atom. The van der Waals surface area contributed by atoms with Gasteiger partial charge in [-0.3, -0.25) is 0 Å². The number of fused-ring (bicyclic) bond motifs is 1. The summed E-state index contributed by atoms with van der Waals surface area (Å²) in [4.78, 5) is 24.4. The van der Waals surface area contributed by atoms with Gasteiger partial charge in [-0.15, -0.1) is 0 Å². The van der Waals surface area contributed by atoms with E-state index >= 15 is 0 Å². The minimum absolute atomic E-state index is 0.593. The Morgan fingerprint density at radius 1 is 0.310 bits per heavy atom. The van der Waals surface area contributed by atoms with Crippen molar-refractivity contribution in [3.63, 3.8) is 0 Å². The third-order valence-electron chi connectivity index (χ3n) is 7.21. The molecule has 0 N–H and O–H groups in total. The monoisotopic (exact) mass is 541 g/mol. The Kier molecular flexibility index (Phi) is 6.53. The highest BCUT2D eigenvalue weighted by atomic mass is 15.0. The molecule has 5 nitrogen and oxygen atoms in total. The molecule has 0 atom stereocenters. The van der Waals surface area contributed by atoms with Gasteiger partial charge in [0, 0.05) is 33.6 Å². The van der Waals surface area contributed by atoms with E-state index in [2.05, 4.69) is 60.7 Å². The highest BCUT2D eigenvalue weighted by Crippen LogP contribution is 2.33. The molecule has 0 aliphatic heterocycles. The summed E-state index contributed by atoms with van der Waals surface area (Å²) < 4.78 is 0. The van der Waals surface area contributed by atoms with Gasteiger partial charge in [-0.25, -0.2) is 24.9 Å². The van der Waals surface area contributed by atoms with Crippen molar-refractivity contribution in [3.05, 3.63) is 139 Å². The molecule has 0 radical (unpaired) electrons. The summed E-state index contributed by atoms with van der Waals surface area (Å²) in [6.45, 7) is 3.99. The lowest BCUT2D eigenvalue weighted by Gasteiger charge is -2.13. The van der Waals surface area contributed by atoms with Crippen molar-refractivity contribution in [2.24, 2.45) is 0 Å². The van der Waals surface area contributed by atoms with Crippen molar-refractivity contribution in [2.45, 2.75) is 13.8 Å². The zero-order chi connectivity index (χ0) is 28.5. The maximum Gasteiger partial charge on any atom is 0.164 e. The van der Waals surface area contributed by atoms with E-state index in [1.54, 1.807) is 0 Å². The van der Waals surface area contributed by atoms with Gasteiger partial charge in [0.25, 0.3) is 0 Å². The number of rotatable bonds is 5. The molecule has 2 aromatic heterocycles. The third kappa shape index (κ3) is 5.16. The predicted molar refractivity (Wildman–Crippen MR) is 170 cm³/mol. The zero-order valence-corrected chi connectivity index (χ0v) is 23.4. The smallest absolute Gasteiger partial charge is 0.164 e. The first kappa shape index (κ1) is 25.4. The Morgan fingerprint density at radius 3 is 1.33 bits per heavy atom. The summed E-state index contributed by atoms with van der Waals surface area (Å²) in [6, 6.07) is 43.4. The molecule has 200 valence electrons. The summed E-state index contributed by atoms with van der Waals surface area (Å²) in [5.41, 5.74) is 7.63. The minimum Gasteiger partial charge on any atom is -0.233 e. The predicted octanol–water partition coefficient (Wildman–Crippen LogP) is 8.77. The molecule has 0 unspecified atom stereocenters. The lowest BCUT2D eigenvalue weighted by molar-refractivity contribution is 1.06. The maximum absolute atomic E-state index is 4.99. The largest absolute Gasteiger partial charge is 0.233 e. The van der Waals surface area contributed by atoms with Crippen LogP contribution in [0.5, 0.6) is 0 Å². The lowest BCUT2D eigenvalue weighted by Crippen LogP contribution is -2.01. The highest BCUT2D eigenvalue weighted by molar-refractivity contribution is 5.89. The van der Waals surface area contributed by atoms with E-state index in [9.17, 15) is 0 Å². The second kappa shape index (κ2) is 10.8. The van der Waals surface area contributed by atoms with Crippen molar-refractivity contribution in [1.82, 2.24) is 24.9 Å². The van der Waals surface area contributed by atoms with Crippen LogP contribution in [0.4, 0.5) is 0 Å². The van der Waals surface area contributed by atoms with Crippen LogP contribution in [0.2, 0.25) is 0 Å². The molecular weight excluding hydrogens is 514 g/mol. The second-order valence-corrected chi connectivity index (χ2v) is 10.4. The Labute approximate surface area is 244 Å². The molecule has 0 fully saturated rings. The molecule has 0 aliphatic rings. The van der Waals surface area contributed by atoms with Crippen LogP contribution in [-0.2, 0) is 0 Å². The maximum atomic E-state index is 4.99. The normalized spacial score (nSPS) is 11.1. The van der Waals surface area contributed by atoms with Crippen LogP contribution in [0.15, 0.2) is 127 Å². The Balaban J connectivity index is 1.47. The molecule has 42 heavy (non-hydrogen) atoms. The van der Waals surface area contributed by atoms with Crippen molar-refractivity contribution in [3.8, 4) is 56.7 Å². The molecule has 5 heteroatoms. The SMILES string of the molecule is Cc1cc(C)nc(-c2cc(-c3ccc4ccccc4c3)cc(-c3nc(-c4ccccc4)nc(-c4ccccc4)n3)c2)n1. The first-order valence-electron chi connectivity index (χ1n) is 13.9. The first-order chi connectivity index (χ1) is 20.6. The van der Waals surface area contributed by atoms with Crippen LogP contribution < -0.4 is 0 Å². The lowest BCUT2D eigenvalue weighted by atomic mass is 9.96. The number of hydrogen-bond acceptors (Lipinski definition) is 5. The average molecular weight is 542 g/mol. The van der Waals surface area contributed by atoms with Crippen molar-refractivity contribution in [1.29, 1.82) is 0 Å². The van der Waals surface area contributed by atoms with Crippen molar-refractivity contribution in [2.75, 3.05) is 0 Å². The highest BCUT2D eigenvalue weighted by Gasteiger charge is 2.16. The summed E-state index contributed by atoms with van der Waals surface area (Å²) >= 11 is 0. The van der Waals surface area contributed by atoms with Crippen LogP contribution >= 0.6 is 0 Å². The molecule has 0 spiro atoms. The number of nitrogens with zero attached hydrogens (tertiary/aromatic N) is 5. The van der Waals surface area contributed by atoms with Crippen molar-refractivity contribution >= 4 is 10.8 Å². The number of benzene rings is 5. The van der Waals surface area contributed by atoms with Crippen LogP contribution in [0.3, 0.4) is 0 Å². The molecular formula is C37H27N5. The van der Waals surface area contributed by atoms with Gasteiger partial charge in [-0.05, 0) is 66.1 Å². The number of aromatic nitrogens is 5. The fourth-order valence-corrected chi connectivity index (χ4v) is 5.21. The van der Waals surface area contributed by atoms with Gasteiger partial charge < -0.3 is 0 Å². The van der Waals surface area contributed by atoms with Crippen molar-refractivity contribution < 1.29 is 0 Å². The van der Waals surface area contributed by atoms with E-state index in [-0.39, 0.29) is 0 Å². The molecule has 0 bridgehead atoms. The van der Waals surface area contributed by atoms with Gasteiger partial charge in [0.2, 0.25) is 0 Å². The molecule has 0 saturated carbocycles. The van der Waals surface area contributed by atoms with Gasteiger partial charge in [-0.1, -0.05) is 97.1 Å². The van der Waals surface area contributed by atoms with Crippen LogP contribution in [0, 0.1) is 13.8 Å².